The Balaban J connectivity index is 1.66. The van der Waals surface area contributed by atoms with E-state index in [4.69, 9.17) is 14.0 Å². The van der Waals surface area contributed by atoms with Gasteiger partial charge in [0.1, 0.15) is 18.1 Å². The van der Waals surface area contributed by atoms with E-state index in [1.165, 1.54) is 0 Å². The Morgan fingerprint density at radius 3 is 2.93 bits per heavy atom. The van der Waals surface area contributed by atoms with Gasteiger partial charge in [0.25, 0.3) is 11.8 Å². The zero-order chi connectivity index (χ0) is 18.8. The van der Waals surface area contributed by atoms with Crippen molar-refractivity contribution in [2.75, 3.05) is 20.8 Å². The Labute approximate surface area is 155 Å². The standard InChI is InChI=1S/C18H19N5O4/c1-25-9-14-21-18(27-23-14)16-20-12-7-10(8-19-17(24)15(12)22-16)11-5-3-4-6-13(11)26-2/h3-6,10H,7-9H2,1-2H3,(H,19,24)(H,20,22)/t10-/m0/s1. The molecule has 4 rings (SSSR count). The largest absolute Gasteiger partial charge is 0.496 e. The maximum absolute atomic E-state index is 12.5. The molecule has 2 N–H and O–H groups in total. The molecule has 140 valence electrons. The number of carbonyl (C=O) groups excluding carboxylic acids is 1. The third kappa shape index (κ3) is 3.28. The maximum atomic E-state index is 12.5. The minimum atomic E-state index is -0.235. The molecule has 1 aliphatic heterocycles. The normalized spacial score (nSPS) is 16.5. The second kappa shape index (κ2) is 7.20. The quantitative estimate of drug-likeness (QED) is 0.703. The number of hydrogen-bond acceptors (Lipinski definition) is 7. The third-order valence-corrected chi connectivity index (χ3v) is 4.48. The number of methoxy groups -OCH3 is 2. The summed E-state index contributed by atoms with van der Waals surface area (Å²) in [6, 6.07) is 7.80. The molecular weight excluding hydrogens is 350 g/mol. The average molecular weight is 369 g/mol. The fourth-order valence-corrected chi connectivity index (χ4v) is 3.23. The van der Waals surface area contributed by atoms with E-state index in [1.807, 2.05) is 24.3 Å². The van der Waals surface area contributed by atoms with Gasteiger partial charge in [-0.15, -0.1) is 0 Å². The van der Waals surface area contributed by atoms with Gasteiger partial charge in [0.05, 0.1) is 7.11 Å². The van der Waals surface area contributed by atoms with Crippen LogP contribution < -0.4 is 10.1 Å². The molecule has 1 aromatic carbocycles. The summed E-state index contributed by atoms with van der Waals surface area (Å²) in [7, 11) is 3.19. The fourth-order valence-electron chi connectivity index (χ4n) is 3.23. The number of amides is 1. The van der Waals surface area contributed by atoms with Crippen molar-refractivity contribution in [1.29, 1.82) is 0 Å². The van der Waals surface area contributed by atoms with E-state index in [-0.39, 0.29) is 24.3 Å². The highest BCUT2D eigenvalue weighted by atomic mass is 16.5. The summed E-state index contributed by atoms with van der Waals surface area (Å²) in [5.74, 6) is 1.60. The number of carbonyl (C=O) groups is 1. The number of imidazole rings is 1. The highest BCUT2D eigenvalue weighted by Gasteiger charge is 2.29. The van der Waals surface area contributed by atoms with E-state index in [0.717, 1.165) is 17.0 Å². The summed E-state index contributed by atoms with van der Waals surface area (Å²) in [6.45, 7) is 0.734. The van der Waals surface area contributed by atoms with E-state index in [1.54, 1.807) is 14.2 Å². The maximum Gasteiger partial charge on any atom is 0.293 e. The lowest BCUT2D eigenvalue weighted by molar-refractivity contribution is 0.0950. The minimum absolute atomic E-state index is 0.0476. The lowest BCUT2D eigenvalue weighted by Crippen LogP contribution is -2.26. The van der Waals surface area contributed by atoms with Crippen molar-refractivity contribution in [1.82, 2.24) is 25.4 Å². The number of aromatic nitrogens is 4. The number of nitrogens with one attached hydrogen (secondary N) is 2. The number of aromatic amines is 1. The molecular formula is C18H19N5O4. The van der Waals surface area contributed by atoms with Gasteiger partial charge in [-0.3, -0.25) is 4.79 Å². The van der Waals surface area contributed by atoms with Crippen LogP contribution in [0.15, 0.2) is 28.8 Å². The molecule has 0 fully saturated rings. The number of hydrogen-bond donors (Lipinski definition) is 2. The van der Waals surface area contributed by atoms with E-state index in [9.17, 15) is 4.79 Å². The Kier molecular flexibility index (Phi) is 4.59. The van der Waals surface area contributed by atoms with Gasteiger partial charge < -0.3 is 24.3 Å². The lowest BCUT2D eigenvalue weighted by atomic mass is 9.93. The zero-order valence-corrected chi connectivity index (χ0v) is 15.0. The number of para-hydroxylation sites is 1. The van der Waals surface area contributed by atoms with Gasteiger partial charge in [0, 0.05) is 25.3 Å². The van der Waals surface area contributed by atoms with Crippen molar-refractivity contribution in [3.8, 4) is 17.5 Å². The first kappa shape index (κ1) is 17.2. The van der Waals surface area contributed by atoms with E-state index < -0.39 is 0 Å². The molecule has 3 aromatic rings. The topological polar surface area (TPSA) is 115 Å². The SMILES string of the molecule is COCc1noc(-c2nc3c([nH]2)C[C@H](c2ccccc2OC)CNC3=O)n1. The third-order valence-electron chi connectivity index (χ3n) is 4.48. The van der Waals surface area contributed by atoms with Gasteiger partial charge in [-0.05, 0) is 18.1 Å². The first-order chi connectivity index (χ1) is 13.2. The van der Waals surface area contributed by atoms with E-state index in [2.05, 4.69) is 25.4 Å². The van der Waals surface area contributed by atoms with Gasteiger partial charge in [-0.2, -0.15) is 4.98 Å². The summed E-state index contributed by atoms with van der Waals surface area (Å²) in [5, 5.41) is 6.75. The van der Waals surface area contributed by atoms with E-state index in [0.29, 0.717) is 30.3 Å². The molecule has 0 radical (unpaired) electrons. The van der Waals surface area contributed by atoms with Crippen LogP contribution in [0.2, 0.25) is 0 Å². The van der Waals surface area contributed by atoms with Crippen LogP contribution in [0.3, 0.4) is 0 Å². The van der Waals surface area contributed by atoms with Crippen LogP contribution >= 0.6 is 0 Å². The summed E-state index contributed by atoms with van der Waals surface area (Å²) >= 11 is 0. The smallest absolute Gasteiger partial charge is 0.293 e. The van der Waals surface area contributed by atoms with Gasteiger partial charge in [0.15, 0.2) is 11.6 Å². The highest BCUT2D eigenvalue weighted by molar-refractivity contribution is 5.94. The summed E-state index contributed by atoms with van der Waals surface area (Å²) < 4.78 is 15.7. The molecule has 0 bridgehead atoms. The Hall–Kier alpha value is -3.20. The van der Waals surface area contributed by atoms with Crippen molar-refractivity contribution in [3.05, 3.63) is 47.0 Å². The molecule has 3 heterocycles. The fraction of sp³-hybridized carbons (Fsp3) is 0.333. The molecule has 0 aliphatic carbocycles. The molecule has 0 saturated carbocycles. The lowest BCUT2D eigenvalue weighted by Gasteiger charge is -2.17. The number of rotatable bonds is 5. The van der Waals surface area contributed by atoms with Crippen LogP contribution in [0.4, 0.5) is 0 Å². The van der Waals surface area contributed by atoms with E-state index >= 15 is 0 Å². The Bertz CT molecular complexity index is 964. The number of nitrogens with zero attached hydrogens (tertiary/aromatic N) is 3. The molecule has 0 saturated heterocycles. The van der Waals surface area contributed by atoms with Gasteiger partial charge >= 0.3 is 0 Å². The second-order valence-corrected chi connectivity index (χ2v) is 6.21. The molecule has 9 heteroatoms. The van der Waals surface area contributed by atoms with Crippen molar-refractivity contribution >= 4 is 5.91 Å². The molecule has 1 atom stereocenters. The van der Waals surface area contributed by atoms with Gasteiger partial charge in [-0.1, -0.05) is 23.4 Å². The first-order valence-corrected chi connectivity index (χ1v) is 8.51. The average Bonchev–Trinajstić information content (AvgIpc) is 3.29. The zero-order valence-electron chi connectivity index (χ0n) is 15.0. The van der Waals surface area contributed by atoms with Crippen LogP contribution in [0, 0.1) is 0 Å². The van der Waals surface area contributed by atoms with Crippen molar-refractivity contribution in [2.45, 2.75) is 18.9 Å². The molecule has 1 amide bonds. The Morgan fingerprint density at radius 2 is 2.11 bits per heavy atom. The van der Waals surface area contributed by atoms with Gasteiger partial charge in [0.2, 0.25) is 0 Å². The monoisotopic (exact) mass is 369 g/mol. The number of ether oxygens (including phenoxy) is 2. The van der Waals surface area contributed by atoms with Crippen LogP contribution in [0.1, 0.15) is 33.5 Å². The molecule has 0 unspecified atom stereocenters. The number of H-pyrrole nitrogens is 1. The predicted molar refractivity (Wildman–Crippen MR) is 94.4 cm³/mol. The van der Waals surface area contributed by atoms with Crippen molar-refractivity contribution < 1.29 is 18.8 Å². The molecule has 9 nitrogen and oxygen atoms in total. The van der Waals surface area contributed by atoms with Crippen LogP contribution in [-0.2, 0) is 17.8 Å². The summed E-state index contributed by atoms with van der Waals surface area (Å²) in [5.41, 5.74) is 2.10. The van der Waals surface area contributed by atoms with Crippen LogP contribution in [0.25, 0.3) is 11.7 Å². The number of benzene rings is 1. The summed E-state index contributed by atoms with van der Waals surface area (Å²) in [6.07, 6.45) is 0.598. The van der Waals surface area contributed by atoms with Gasteiger partial charge in [-0.25, -0.2) is 4.98 Å². The molecule has 27 heavy (non-hydrogen) atoms. The Morgan fingerprint density at radius 1 is 1.26 bits per heavy atom. The minimum Gasteiger partial charge on any atom is -0.496 e. The second-order valence-electron chi connectivity index (χ2n) is 6.21. The summed E-state index contributed by atoms with van der Waals surface area (Å²) in [4.78, 5) is 24.2. The highest BCUT2D eigenvalue weighted by Crippen LogP contribution is 2.31. The molecule has 0 spiro atoms. The van der Waals surface area contributed by atoms with Crippen molar-refractivity contribution in [2.24, 2.45) is 0 Å². The van der Waals surface area contributed by atoms with Crippen LogP contribution in [-0.4, -0.2) is 46.8 Å². The van der Waals surface area contributed by atoms with Crippen LogP contribution in [0.5, 0.6) is 5.75 Å². The number of fused-ring (bicyclic) bond motifs is 1. The first-order valence-electron chi connectivity index (χ1n) is 8.51. The predicted octanol–water partition coefficient (Wildman–Crippen LogP) is 1.68. The molecule has 2 aromatic heterocycles. The van der Waals surface area contributed by atoms with Crippen molar-refractivity contribution in [3.63, 3.8) is 0 Å². The molecule has 1 aliphatic rings.